The van der Waals surface area contributed by atoms with Gasteiger partial charge in [0.05, 0.1) is 11.3 Å². The Morgan fingerprint density at radius 1 is 1.03 bits per heavy atom. The van der Waals surface area contributed by atoms with Gasteiger partial charge in [0.2, 0.25) is 0 Å². The molecule has 1 fully saturated rings. The Labute approximate surface area is 229 Å². The number of rotatable bonds is 5. The summed E-state index contributed by atoms with van der Waals surface area (Å²) in [4.78, 5) is 18.3. The van der Waals surface area contributed by atoms with Crippen LogP contribution in [0.5, 0.6) is 0 Å². The third kappa shape index (κ3) is 5.52. The van der Waals surface area contributed by atoms with Crippen LogP contribution in [0.1, 0.15) is 56.5 Å². The molecule has 5 rings (SSSR count). The van der Waals surface area contributed by atoms with E-state index in [9.17, 15) is 10.1 Å². The summed E-state index contributed by atoms with van der Waals surface area (Å²) < 4.78 is 6.30. The topological polar surface area (TPSA) is 94.2 Å². The van der Waals surface area contributed by atoms with Crippen molar-refractivity contribution >= 4 is 22.7 Å². The third-order valence-electron chi connectivity index (χ3n) is 7.24. The van der Waals surface area contributed by atoms with Crippen LogP contribution in [0.4, 0.5) is 5.69 Å². The number of amides is 1. The highest BCUT2D eigenvalue weighted by Crippen LogP contribution is 2.36. The summed E-state index contributed by atoms with van der Waals surface area (Å²) in [6, 6.07) is 19.8. The van der Waals surface area contributed by atoms with Crippen molar-refractivity contribution in [3.05, 3.63) is 71.9 Å². The largest absolute Gasteiger partial charge is 0.454 e. The molecular formula is C32H35N5O2. The van der Waals surface area contributed by atoms with Crippen LogP contribution >= 0.6 is 0 Å². The second-order valence-corrected chi connectivity index (χ2v) is 12.0. The van der Waals surface area contributed by atoms with E-state index in [2.05, 4.69) is 49.4 Å². The molecule has 0 spiro atoms. The number of benzene rings is 2. The zero-order valence-electron chi connectivity index (χ0n) is 23.4. The van der Waals surface area contributed by atoms with Gasteiger partial charge in [-0.15, -0.1) is 0 Å². The second kappa shape index (κ2) is 9.87. The van der Waals surface area contributed by atoms with Gasteiger partial charge in [-0.1, -0.05) is 18.2 Å². The van der Waals surface area contributed by atoms with Crippen molar-refractivity contribution in [1.82, 2.24) is 15.2 Å². The Hall–Kier alpha value is -4.15. The highest BCUT2D eigenvalue weighted by atomic mass is 16.3. The fourth-order valence-corrected chi connectivity index (χ4v) is 5.92. The minimum Gasteiger partial charge on any atom is -0.454 e. The standard InChI is InChI=1S/C32H35N5O2/c1-31(2)17-24(18-32(3,4)36-31)35-26-12-11-22(15-23(26)19-33)25-13-14-34-27-16-28(39-29(25)27)20-7-9-21(10-8-20)30(38)37(5)6/h7-16,24,35-36H,17-18H2,1-6H3. The Balaban J connectivity index is 1.45. The fourth-order valence-electron chi connectivity index (χ4n) is 5.92. The number of hydrogen-bond donors (Lipinski definition) is 2. The summed E-state index contributed by atoms with van der Waals surface area (Å²) in [7, 11) is 3.47. The molecule has 1 amide bonds. The van der Waals surface area contributed by atoms with Gasteiger partial charge in [-0.2, -0.15) is 5.26 Å². The maximum absolute atomic E-state index is 12.2. The molecule has 0 atom stereocenters. The van der Waals surface area contributed by atoms with Gasteiger partial charge in [0.15, 0.2) is 5.58 Å². The highest BCUT2D eigenvalue weighted by molar-refractivity contribution is 5.95. The van der Waals surface area contributed by atoms with Gasteiger partial charge in [0, 0.05) is 60.2 Å². The van der Waals surface area contributed by atoms with Crippen molar-refractivity contribution in [2.45, 2.75) is 57.7 Å². The maximum Gasteiger partial charge on any atom is 0.253 e. The predicted molar refractivity (Wildman–Crippen MR) is 156 cm³/mol. The number of carbonyl (C=O) groups is 1. The lowest BCUT2D eigenvalue weighted by Crippen LogP contribution is -2.60. The van der Waals surface area contributed by atoms with Gasteiger partial charge < -0.3 is 20.0 Å². The van der Waals surface area contributed by atoms with E-state index in [0.717, 1.165) is 40.7 Å². The maximum atomic E-state index is 12.2. The molecule has 0 radical (unpaired) electrons. The van der Waals surface area contributed by atoms with E-state index in [1.54, 1.807) is 37.3 Å². The Bertz CT molecular complexity index is 1560. The quantitative estimate of drug-likeness (QED) is 0.313. The number of hydrogen-bond acceptors (Lipinski definition) is 6. The molecular weight excluding hydrogens is 486 g/mol. The van der Waals surface area contributed by atoms with Crippen LogP contribution in [0.15, 0.2) is 65.2 Å². The Kier molecular flexibility index (Phi) is 6.69. The summed E-state index contributed by atoms with van der Waals surface area (Å²) in [5.74, 6) is 0.623. The first-order valence-electron chi connectivity index (χ1n) is 13.3. The molecule has 2 aromatic carbocycles. The first-order chi connectivity index (χ1) is 18.4. The number of furan rings is 1. The van der Waals surface area contributed by atoms with Crippen LogP contribution in [0.3, 0.4) is 0 Å². The zero-order valence-corrected chi connectivity index (χ0v) is 23.4. The van der Waals surface area contributed by atoms with Crippen molar-refractivity contribution in [1.29, 1.82) is 5.26 Å². The number of nitrogens with one attached hydrogen (secondary N) is 2. The van der Waals surface area contributed by atoms with Crippen molar-refractivity contribution in [2.24, 2.45) is 0 Å². The lowest BCUT2D eigenvalue weighted by Gasteiger charge is -2.47. The molecule has 0 aliphatic carbocycles. The number of carbonyl (C=O) groups excluding carboxylic acids is 1. The van der Waals surface area contributed by atoms with Gasteiger partial charge in [0.1, 0.15) is 17.3 Å². The molecule has 1 aliphatic rings. The van der Waals surface area contributed by atoms with Gasteiger partial charge in [-0.05, 0) is 76.4 Å². The predicted octanol–water partition coefficient (Wildman–Crippen LogP) is 6.46. The molecule has 2 aromatic heterocycles. The number of aromatic nitrogens is 1. The SMILES string of the molecule is CN(C)C(=O)c1ccc(-c2cc3nccc(-c4ccc(NC5CC(C)(C)NC(C)(C)C5)c(C#N)c4)c3o2)cc1. The number of fused-ring (bicyclic) bond motifs is 1. The number of piperidine rings is 1. The van der Waals surface area contributed by atoms with Gasteiger partial charge in [-0.3, -0.25) is 9.78 Å². The van der Waals surface area contributed by atoms with Crippen molar-refractivity contribution in [3.63, 3.8) is 0 Å². The minimum absolute atomic E-state index is 0.00794. The molecule has 7 heteroatoms. The summed E-state index contributed by atoms with van der Waals surface area (Å²) >= 11 is 0. The van der Waals surface area contributed by atoms with Crippen LogP contribution in [0, 0.1) is 11.3 Å². The summed E-state index contributed by atoms with van der Waals surface area (Å²) in [6.07, 6.45) is 3.69. The first-order valence-corrected chi connectivity index (χ1v) is 13.3. The second-order valence-electron chi connectivity index (χ2n) is 12.0. The van der Waals surface area contributed by atoms with Crippen molar-refractivity contribution in [3.8, 4) is 28.5 Å². The number of nitrogens with zero attached hydrogens (tertiary/aromatic N) is 3. The molecule has 39 heavy (non-hydrogen) atoms. The number of pyridine rings is 1. The number of nitriles is 1. The first kappa shape index (κ1) is 26.5. The van der Waals surface area contributed by atoms with Crippen LogP contribution in [0.2, 0.25) is 0 Å². The van der Waals surface area contributed by atoms with E-state index in [1.807, 2.05) is 42.5 Å². The molecule has 1 aliphatic heterocycles. The van der Waals surface area contributed by atoms with E-state index in [4.69, 9.17) is 4.42 Å². The van der Waals surface area contributed by atoms with Crippen LogP contribution in [0.25, 0.3) is 33.6 Å². The average molecular weight is 522 g/mol. The molecule has 0 saturated carbocycles. The summed E-state index contributed by atoms with van der Waals surface area (Å²) in [5.41, 5.74) is 6.09. The molecule has 200 valence electrons. The Morgan fingerprint density at radius 2 is 1.69 bits per heavy atom. The lowest BCUT2D eigenvalue weighted by molar-refractivity contribution is 0.0827. The molecule has 4 aromatic rings. The van der Waals surface area contributed by atoms with Gasteiger partial charge in [0.25, 0.3) is 5.91 Å². The van der Waals surface area contributed by atoms with Gasteiger partial charge in [-0.25, -0.2) is 0 Å². The number of anilines is 1. The van der Waals surface area contributed by atoms with E-state index < -0.39 is 0 Å². The normalized spacial score (nSPS) is 16.5. The summed E-state index contributed by atoms with van der Waals surface area (Å²) in [6.45, 7) is 8.89. The fraction of sp³-hybridized carbons (Fsp3) is 0.344. The van der Waals surface area contributed by atoms with Crippen molar-refractivity contribution < 1.29 is 9.21 Å². The van der Waals surface area contributed by atoms with Crippen LogP contribution < -0.4 is 10.6 Å². The average Bonchev–Trinajstić information content (AvgIpc) is 3.31. The molecule has 0 bridgehead atoms. The van der Waals surface area contributed by atoms with E-state index in [-0.39, 0.29) is 23.0 Å². The van der Waals surface area contributed by atoms with E-state index in [0.29, 0.717) is 22.5 Å². The molecule has 3 heterocycles. The van der Waals surface area contributed by atoms with Crippen LogP contribution in [-0.4, -0.2) is 47.0 Å². The van der Waals surface area contributed by atoms with Crippen molar-refractivity contribution in [2.75, 3.05) is 19.4 Å². The van der Waals surface area contributed by atoms with Crippen LogP contribution in [-0.2, 0) is 0 Å². The monoisotopic (exact) mass is 521 g/mol. The van der Waals surface area contributed by atoms with E-state index >= 15 is 0 Å². The third-order valence-corrected chi connectivity index (χ3v) is 7.24. The lowest BCUT2D eigenvalue weighted by atomic mass is 9.79. The minimum atomic E-state index is -0.0473. The zero-order chi connectivity index (χ0) is 27.9. The molecule has 1 saturated heterocycles. The molecule has 0 unspecified atom stereocenters. The van der Waals surface area contributed by atoms with Gasteiger partial charge >= 0.3 is 0 Å². The summed E-state index contributed by atoms with van der Waals surface area (Å²) in [5, 5.41) is 17.4. The molecule has 2 N–H and O–H groups in total. The highest BCUT2D eigenvalue weighted by Gasteiger charge is 2.37. The Morgan fingerprint density at radius 3 is 2.33 bits per heavy atom. The molecule has 7 nitrogen and oxygen atoms in total. The smallest absolute Gasteiger partial charge is 0.253 e. The van der Waals surface area contributed by atoms with E-state index in [1.165, 1.54) is 0 Å².